The highest BCUT2D eigenvalue weighted by Crippen LogP contribution is 2.32. The summed E-state index contributed by atoms with van der Waals surface area (Å²) >= 11 is 6.71. The molecule has 0 aliphatic heterocycles. The Hall–Kier alpha value is -0.390. The van der Waals surface area contributed by atoms with Gasteiger partial charge in [0.2, 0.25) is 0 Å². The van der Waals surface area contributed by atoms with Crippen molar-refractivity contribution >= 4 is 39.0 Å². The Bertz CT molecular complexity index is 482. The highest BCUT2D eigenvalue weighted by atomic mass is 79.9. The number of aromatic nitrogens is 2. The Morgan fingerprint density at radius 3 is 2.80 bits per heavy atom. The highest BCUT2D eigenvalue weighted by Gasteiger charge is 2.08. The summed E-state index contributed by atoms with van der Waals surface area (Å²) in [7, 11) is 0. The van der Waals surface area contributed by atoms with Gasteiger partial charge in [-0.2, -0.15) is 0 Å². The maximum Gasteiger partial charge on any atom is 0.187 e. The van der Waals surface area contributed by atoms with Crippen molar-refractivity contribution in [3.63, 3.8) is 0 Å². The van der Waals surface area contributed by atoms with Crippen molar-refractivity contribution in [2.24, 2.45) is 0 Å². The third-order valence-electron chi connectivity index (χ3n) is 1.94. The zero-order valence-corrected chi connectivity index (χ0v) is 11.5. The summed E-state index contributed by atoms with van der Waals surface area (Å²) < 4.78 is 1.13. The Morgan fingerprint density at radius 2 is 2.20 bits per heavy atom. The van der Waals surface area contributed by atoms with Gasteiger partial charge in [-0.15, -0.1) is 11.3 Å². The Labute approximate surface area is 105 Å². The largest absolute Gasteiger partial charge is 0.231 e. The average Bonchev–Trinajstić information content (AvgIpc) is 2.65. The molecule has 0 fully saturated rings. The van der Waals surface area contributed by atoms with Gasteiger partial charge in [0.05, 0.1) is 14.4 Å². The fourth-order valence-corrected chi connectivity index (χ4v) is 3.00. The van der Waals surface area contributed by atoms with E-state index in [1.54, 1.807) is 23.1 Å². The van der Waals surface area contributed by atoms with E-state index >= 15 is 0 Å². The zero-order chi connectivity index (χ0) is 10.8. The number of thioether (sulfide) groups is 1. The molecule has 2 nitrogen and oxygen atoms in total. The summed E-state index contributed by atoms with van der Waals surface area (Å²) in [6.45, 7) is 2.03. The number of hydrogen-bond acceptors (Lipinski definition) is 4. The lowest BCUT2D eigenvalue weighted by Crippen LogP contribution is -1.91. The quantitative estimate of drug-likeness (QED) is 0.619. The fraction of sp³-hybridized carbons (Fsp3) is 0.200. The second-order valence-corrected chi connectivity index (χ2v) is 6.23. The van der Waals surface area contributed by atoms with E-state index in [-0.39, 0.29) is 0 Å². The van der Waals surface area contributed by atoms with Crippen molar-refractivity contribution in [2.75, 3.05) is 6.26 Å². The van der Waals surface area contributed by atoms with Crippen molar-refractivity contribution in [3.8, 4) is 10.6 Å². The molecule has 2 aromatic rings. The second kappa shape index (κ2) is 4.63. The molecule has 0 saturated carbocycles. The maximum absolute atomic E-state index is 4.52. The molecule has 0 N–H and O–H groups in total. The SMILES string of the molecule is CSc1ncc(C)c(-c2ccc(Br)s2)n1. The van der Waals surface area contributed by atoms with Gasteiger partial charge in [-0.1, -0.05) is 11.8 Å². The van der Waals surface area contributed by atoms with Crippen molar-refractivity contribution in [2.45, 2.75) is 12.1 Å². The number of thiophene rings is 1. The van der Waals surface area contributed by atoms with Crippen molar-refractivity contribution < 1.29 is 0 Å². The fourth-order valence-electron chi connectivity index (χ4n) is 1.22. The topological polar surface area (TPSA) is 25.8 Å². The normalized spacial score (nSPS) is 10.6. The van der Waals surface area contributed by atoms with Crippen LogP contribution in [0.1, 0.15) is 5.56 Å². The van der Waals surface area contributed by atoms with Crippen molar-refractivity contribution in [3.05, 3.63) is 27.7 Å². The molecule has 0 bridgehead atoms. The van der Waals surface area contributed by atoms with Crippen LogP contribution in [0.4, 0.5) is 0 Å². The molecular weight excluding hydrogens is 292 g/mol. The van der Waals surface area contributed by atoms with Crippen molar-refractivity contribution in [1.29, 1.82) is 0 Å². The maximum atomic E-state index is 4.52. The minimum atomic E-state index is 0.820. The second-order valence-electron chi connectivity index (χ2n) is 2.99. The van der Waals surface area contributed by atoms with Crippen LogP contribution in [0.2, 0.25) is 0 Å². The summed E-state index contributed by atoms with van der Waals surface area (Å²) in [6, 6.07) is 4.12. The summed E-state index contributed by atoms with van der Waals surface area (Å²) in [5, 5.41) is 0.820. The van der Waals surface area contributed by atoms with Gasteiger partial charge in [0.25, 0.3) is 0 Å². The van der Waals surface area contributed by atoms with Gasteiger partial charge in [-0.05, 0) is 46.8 Å². The van der Waals surface area contributed by atoms with Gasteiger partial charge in [0, 0.05) is 6.20 Å². The summed E-state index contributed by atoms with van der Waals surface area (Å²) in [5.74, 6) is 0. The summed E-state index contributed by atoms with van der Waals surface area (Å²) in [4.78, 5) is 9.93. The van der Waals surface area contributed by atoms with Crippen LogP contribution < -0.4 is 0 Å². The molecule has 0 aliphatic rings. The minimum absolute atomic E-state index is 0.820. The van der Waals surface area contributed by atoms with E-state index < -0.39 is 0 Å². The molecule has 2 aromatic heterocycles. The molecule has 5 heteroatoms. The highest BCUT2D eigenvalue weighted by molar-refractivity contribution is 9.11. The third kappa shape index (κ3) is 2.41. The average molecular weight is 301 g/mol. The van der Waals surface area contributed by atoms with Gasteiger partial charge in [0.15, 0.2) is 5.16 Å². The van der Waals surface area contributed by atoms with E-state index in [4.69, 9.17) is 0 Å². The number of hydrogen-bond donors (Lipinski definition) is 0. The van der Waals surface area contributed by atoms with E-state index in [9.17, 15) is 0 Å². The van der Waals surface area contributed by atoms with Gasteiger partial charge in [-0.3, -0.25) is 0 Å². The van der Waals surface area contributed by atoms with E-state index in [2.05, 4.69) is 32.0 Å². The molecule has 15 heavy (non-hydrogen) atoms. The van der Waals surface area contributed by atoms with E-state index in [0.717, 1.165) is 20.2 Å². The van der Waals surface area contributed by atoms with Crippen LogP contribution in [-0.4, -0.2) is 16.2 Å². The predicted octanol–water partition coefficient (Wildman–Crippen LogP) is 4.00. The predicted molar refractivity (Wildman–Crippen MR) is 69.6 cm³/mol. The molecule has 0 aliphatic carbocycles. The Kier molecular flexibility index (Phi) is 3.43. The van der Waals surface area contributed by atoms with Crippen LogP contribution in [0.3, 0.4) is 0 Å². The first-order valence-corrected chi connectivity index (χ1v) is 7.17. The monoisotopic (exact) mass is 300 g/mol. The lowest BCUT2D eigenvalue weighted by Gasteiger charge is -2.03. The molecule has 0 aromatic carbocycles. The molecular formula is C10H9BrN2S2. The number of aryl methyl sites for hydroxylation is 1. The number of nitrogens with zero attached hydrogens (tertiary/aromatic N) is 2. The molecule has 0 saturated heterocycles. The van der Waals surface area contributed by atoms with Crippen LogP contribution in [0.25, 0.3) is 10.6 Å². The molecule has 0 spiro atoms. The van der Waals surface area contributed by atoms with Gasteiger partial charge < -0.3 is 0 Å². The van der Waals surface area contributed by atoms with E-state index in [0.29, 0.717) is 0 Å². The van der Waals surface area contributed by atoms with Crippen LogP contribution in [0.5, 0.6) is 0 Å². The molecule has 0 atom stereocenters. The van der Waals surface area contributed by atoms with Crippen molar-refractivity contribution in [1.82, 2.24) is 9.97 Å². The molecule has 78 valence electrons. The molecule has 2 rings (SSSR count). The standard InChI is InChI=1S/C10H9BrN2S2/c1-6-5-12-10(14-2)13-9(6)7-3-4-8(11)15-7/h3-5H,1-2H3. The lowest BCUT2D eigenvalue weighted by molar-refractivity contribution is 0.962. The van der Waals surface area contributed by atoms with Crippen LogP contribution in [0, 0.1) is 6.92 Å². The molecule has 0 unspecified atom stereocenters. The Balaban J connectivity index is 2.51. The molecule has 0 amide bonds. The Morgan fingerprint density at radius 1 is 1.40 bits per heavy atom. The summed E-state index contributed by atoms with van der Waals surface area (Å²) in [6.07, 6.45) is 3.86. The minimum Gasteiger partial charge on any atom is -0.231 e. The third-order valence-corrected chi connectivity index (χ3v) is 4.13. The van der Waals surface area contributed by atoms with Gasteiger partial charge in [0.1, 0.15) is 0 Å². The van der Waals surface area contributed by atoms with Crippen LogP contribution in [0.15, 0.2) is 27.3 Å². The first-order chi connectivity index (χ1) is 7.20. The van der Waals surface area contributed by atoms with Crippen LogP contribution >= 0.6 is 39.0 Å². The van der Waals surface area contributed by atoms with E-state index in [1.165, 1.54) is 4.88 Å². The lowest BCUT2D eigenvalue weighted by atomic mass is 10.2. The van der Waals surface area contributed by atoms with Crippen LogP contribution in [-0.2, 0) is 0 Å². The molecule has 0 radical (unpaired) electrons. The first-order valence-electron chi connectivity index (χ1n) is 4.34. The summed E-state index contributed by atoms with van der Waals surface area (Å²) in [5.41, 5.74) is 2.15. The number of rotatable bonds is 2. The van der Waals surface area contributed by atoms with Gasteiger partial charge >= 0.3 is 0 Å². The smallest absolute Gasteiger partial charge is 0.187 e. The molecule has 2 heterocycles. The number of halogens is 1. The van der Waals surface area contributed by atoms with Gasteiger partial charge in [-0.25, -0.2) is 9.97 Å². The first kappa shape index (κ1) is 11.1. The zero-order valence-electron chi connectivity index (χ0n) is 8.32. The van der Waals surface area contributed by atoms with E-state index in [1.807, 2.05) is 25.4 Å².